The molecular weight excluding hydrogens is 235 g/mol. The first-order valence-corrected chi connectivity index (χ1v) is 6.75. The van der Waals surface area contributed by atoms with Crippen molar-refractivity contribution in [2.24, 2.45) is 0 Å². The van der Waals surface area contributed by atoms with E-state index in [1.165, 1.54) is 0 Å². The molecule has 1 rings (SSSR count). The number of rotatable bonds is 6. The zero-order valence-electron chi connectivity index (χ0n) is 11.5. The van der Waals surface area contributed by atoms with E-state index >= 15 is 0 Å². The molecule has 2 amide bonds. The van der Waals surface area contributed by atoms with Gasteiger partial charge >= 0.3 is 0 Å². The molecule has 0 aromatic heterocycles. The van der Waals surface area contributed by atoms with Gasteiger partial charge in [-0.05, 0) is 25.7 Å². The van der Waals surface area contributed by atoms with Crippen molar-refractivity contribution >= 4 is 11.8 Å². The molecule has 5 heteroatoms. The first-order chi connectivity index (χ1) is 8.57. The highest BCUT2D eigenvalue weighted by Crippen LogP contribution is 2.29. The fourth-order valence-electron chi connectivity index (χ4n) is 2.65. The molecule has 0 saturated carbocycles. The van der Waals surface area contributed by atoms with Gasteiger partial charge in [0.1, 0.15) is 11.6 Å². The van der Waals surface area contributed by atoms with Crippen LogP contribution in [0.1, 0.15) is 46.5 Å². The lowest BCUT2D eigenvalue weighted by atomic mass is 9.85. The highest BCUT2D eigenvalue weighted by molar-refractivity contribution is 5.99. The fraction of sp³-hybridized carbons (Fsp3) is 0.846. The predicted octanol–water partition coefficient (Wildman–Crippen LogP) is 1.64. The monoisotopic (exact) mass is 258 g/mol. The van der Waals surface area contributed by atoms with Crippen molar-refractivity contribution < 1.29 is 14.0 Å². The fourth-order valence-corrected chi connectivity index (χ4v) is 2.65. The number of carbonyl (C=O) groups excluding carboxylic acids is 2. The van der Waals surface area contributed by atoms with Crippen molar-refractivity contribution in [3.63, 3.8) is 0 Å². The molecule has 4 nitrogen and oxygen atoms in total. The Morgan fingerprint density at radius 2 is 1.89 bits per heavy atom. The molecular formula is C13H23FN2O2. The van der Waals surface area contributed by atoms with E-state index in [0.717, 1.165) is 0 Å². The number of nitrogens with one attached hydrogen (secondary N) is 1. The lowest BCUT2D eigenvalue weighted by Gasteiger charge is -2.47. The van der Waals surface area contributed by atoms with Crippen LogP contribution in [-0.4, -0.2) is 41.5 Å². The normalized spacial score (nSPS) is 23.1. The number of hydrogen-bond acceptors (Lipinski definition) is 2. The van der Waals surface area contributed by atoms with E-state index in [2.05, 4.69) is 5.32 Å². The minimum atomic E-state index is -0.794. The number of halogens is 1. The van der Waals surface area contributed by atoms with Crippen molar-refractivity contribution in [1.29, 1.82) is 0 Å². The van der Waals surface area contributed by atoms with E-state index in [-0.39, 0.29) is 18.2 Å². The molecule has 1 saturated heterocycles. The second-order valence-corrected chi connectivity index (χ2v) is 4.71. The molecule has 0 spiro atoms. The van der Waals surface area contributed by atoms with E-state index < -0.39 is 18.3 Å². The Hall–Kier alpha value is -1.13. The van der Waals surface area contributed by atoms with Gasteiger partial charge in [-0.25, -0.2) is 0 Å². The van der Waals surface area contributed by atoms with Gasteiger partial charge in [-0.3, -0.25) is 14.0 Å². The summed E-state index contributed by atoms with van der Waals surface area (Å²) in [5.41, 5.74) is -0.794. The van der Waals surface area contributed by atoms with Crippen molar-refractivity contribution in [1.82, 2.24) is 10.2 Å². The van der Waals surface area contributed by atoms with Gasteiger partial charge in [-0.1, -0.05) is 20.8 Å². The van der Waals surface area contributed by atoms with Crippen LogP contribution in [0.2, 0.25) is 0 Å². The van der Waals surface area contributed by atoms with Gasteiger partial charge in [0.05, 0.1) is 6.67 Å². The van der Waals surface area contributed by atoms with Gasteiger partial charge < -0.3 is 10.2 Å². The van der Waals surface area contributed by atoms with Crippen molar-refractivity contribution in [2.75, 3.05) is 13.2 Å². The molecule has 104 valence electrons. The Bertz CT molecular complexity index is 316. The van der Waals surface area contributed by atoms with E-state index in [1.807, 2.05) is 20.8 Å². The van der Waals surface area contributed by atoms with Crippen LogP contribution in [0.4, 0.5) is 4.39 Å². The largest absolute Gasteiger partial charge is 0.342 e. The maximum absolute atomic E-state index is 12.4. The summed E-state index contributed by atoms with van der Waals surface area (Å²) in [5, 5.41) is 2.79. The standard InChI is InChI=1S/C13H23FN2O2/c1-4-10-11(17)16(9-7-8-14)13(5-2,6-3)12(18)15-10/h10H,4-9H2,1-3H3,(H,15,18). The molecule has 1 heterocycles. The molecule has 1 N–H and O–H groups in total. The molecule has 0 radical (unpaired) electrons. The molecule has 1 aliphatic rings. The third kappa shape index (κ3) is 2.35. The average Bonchev–Trinajstić information content (AvgIpc) is 2.39. The number of alkyl halides is 1. The van der Waals surface area contributed by atoms with Gasteiger partial charge in [0.25, 0.3) is 0 Å². The Morgan fingerprint density at radius 1 is 1.28 bits per heavy atom. The average molecular weight is 258 g/mol. The molecule has 1 fully saturated rings. The predicted molar refractivity (Wildman–Crippen MR) is 67.8 cm³/mol. The molecule has 1 aliphatic heterocycles. The summed E-state index contributed by atoms with van der Waals surface area (Å²) in [6, 6.07) is -0.455. The van der Waals surface area contributed by atoms with Crippen LogP contribution in [0.15, 0.2) is 0 Å². The topological polar surface area (TPSA) is 49.4 Å². The third-order valence-electron chi connectivity index (χ3n) is 3.90. The minimum absolute atomic E-state index is 0.0748. The Labute approximate surface area is 108 Å². The molecule has 0 bridgehead atoms. The smallest absolute Gasteiger partial charge is 0.246 e. The quantitative estimate of drug-likeness (QED) is 0.787. The molecule has 1 unspecified atom stereocenters. The van der Waals surface area contributed by atoms with Gasteiger partial charge in [-0.2, -0.15) is 0 Å². The van der Waals surface area contributed by atoms with Crippen LogP contribution in [-0.2, 0) is 9.59 Å². The Morgan fingerprint density at radius 3 is 2.33 bits per heavy atom. The molecule has 0 aromatic rings. The maximum atomic E-state index is 12.4. The number of hydrogen-bond donors (Lipinski definition) is 1. The summed E-state index contributed by atoms with van der Waals surface area (Å²) in [6.07, 6.45) is 1.98. The van der Waals surface area contributed by atoms with E-state index in [9.17, 15) is 14.0 Å². The number of carbonyl (C=O) groups is 2. The summed E-state index contributed by atoms with van der Waals surface area (Å²) in [6.45, 7) is 5.50. The molecule has 18 heavy (non-hydrogen) atoms. The van der Waals surface area contributed by atoms with Gasteiger partial charge in [0.15, 0.2) is 0 Å². The molecule has 0 aliphatic carbocycles. The summed E-state index contributed by atoms with van der Waals surface area (Å²) in [4.78, 5) is 26.2. The highest BCUT2D eigenvalue weighted by Gasteiger charge is 2.49. The number of amides is 2. The summed E-state index contributed by atoms with van der Waals surface area (Å²) in [7, 11) is 0. The van der Waals surface area contributed by atoms with Crippen LogP contribution in [0.25, 0.3) is 0 Å². The first-order valence-electron chi connectivity index (χ1n) is 6.75. The van der Waals surface area contributed by atoms with Gasteiger partial charge in [-0.15, -0.1) is 0 Å². The van der Waals surface area contributed by atoms with E-state index in [0.29, 0.717) is 25.8 Å². The summed E-state index contributed by atoms with van der Waals surface area (Å²) < 4.78 is 12.4. The van der Waals surface area contributed by atoms with Crippen LogP contribution in [0.5, 0.6) is 0 Å². The Kier molecular flexibility index (Phi) is 5.11. The zero-order chi connectivity index (χ0) is 13.8. The SMILES string of the molecule is CCC1NC(=O)C(CC)(CC)N(CCCF)C1=O. The first kappa shape index (κ1) is 14.9. The van der Waals surface area contributed by atoms with Crippen molar-refractivity contribution in [3.8, 4) is 0 Å². The van der Waals surface area contributed by atoms with E-state index in [1.54, 1.807) is 4.90 Å². The molecule has 1 atom stereocenters. The van der Waals surface area contributed by atoms with Gasteiger partial charge in [0, 0.05) is 6.54 Å². The van der Waals surface area contributed by atoms with Gasteiger partial charge in [0.2, 0.25) is 11.8 Å². The Balaban J connectivity index is 3.05. The summed E-state index contributed by atoms with van der Waals surface area (Å²) in [5.74, 6) is -0.174. The lowest BCUT2D eigenvalue weighted by Crippen LogP contribution is -2.70. The number of nitrogens with zero attached hydrogens (tertiary/aromatic N) is 1. The lowest BCUT2D eigenvalue weighted by molar-refractivity contribution is -0.158. The third-order valence-corrected chi connectivity index (χ3v) is 3.90. The second kappa shape index (κ2) is 6.16. The van der Waals surface area contributed by atoms with E-state index in [4.69, 9.17) is 0 Å². The number of piperazine rings is 1. The summed E-state index contributed by atoms with van der Waals surface area (Å²) >= 11 is 0. The van der Waals surface area contributed by atoms with Crippen molar-refractivity contribution in [3.05, 3.63) is 0 Å². The second-order valence-electron chi connectivity index (χ2n) is 4.71. The molecule has 0 aromatic carbocycles. The van der Waals surface area contributed by atoms with Crippen LogP contribution in [0, 0.1) is 0 Å². The van der Waals surface area contributed by atoms with Crippen LogP contribution < -0.4 is 5.32 Å². The van der Waals surface area contributed by atoms with Crippen molar-refractivity contribution in [2.45, 2.75) is 58.0 Å². The maximum Gasteiger partial charge on any atom is 0.246 e. The van der Waals surface area contributed by atoms with Crippen LogP contribution in [0.3, 0.4) is 0 Å². The highest BCUT2D eigenvalue weighted by atomic mass is 19.1. The van der Waals surface area contributed by atoms with Crippen LogP contribution >= 0.6 is 0 Å². The zero-order valence-corrected chi connectivity index (χ0v) is 11.5. The minimum Gasteiger partial charge on any atom is -0.342 e.